The van der Waals surface area contributed by atoms with Crippen molar-refractivity contribution in [3.63, 3.8) is 0 Å². The van der Waals surface area contributed by atoms with Gasteiger partial charge in [0.25, 0.3) is 0 Å². The summed E-state index contributed by atoms with van der Waals surface area (Å²) in [6, 6.07) is 29.2. The molecule has 0 radical (unpaired) electrons. The number of alkyl halides is 3. The Hall–Kier alpha value is -5.62. The van der Waals surface area contributed by atoms with Crippen molar-refractivity contribution in [3.05, 3.63) is 137 Å². The van der Waals surface area contributed by atoms with Crippen LogP contribution >= 0.6 is 0 Å². The standard InChI is InChI=1S/C44H48F3N5O4/c1-33(53)49-26-28-50(29-27-49)39-17-10-37(11-18-39)32-52(42(54)21-14-34-8-15-38(16-9-34)44(45,46)47)41(30-35-6-4-3-5-7-35)43(55)51-24-22-48(23-25-51)31-36-12-19-40(56-2)20-13-36/h3-21,41H,22-32H2,1-2H3. The Morgan fingerprint density at radius 2 is 1.34 bits per heavy atom. The maximum atomic E-state index is 14.6. The fraction of sp³-hybridized carbons (Fsp3) is 0.341. The van der Waals surface area contributed by atoms with Crippen molar-refractivity contribution in [2.45, 2.75) is 38.7 Å². The van der Waals surface area contributed by atoms with E-state index in [0.29, 0.717) is 57.9 Å². The molecule has 0 bridgehead atoms. The predicted molar refractivity (Wildman–Crippen MR) is 211 cm³/mol. The molecule has 0 N–H and O–H groups in total. The number of benzene rings is 4. The SMILES string of the molecule is COc1ccc(CN2CCN(C(=O)C(Cc3ccccc3)N(Cc3ccc(N4CCN(C(C)=O)CC4)cc3)C(=O)C=Cc3ccc(C(F)(F)F)cc3)CC2)cc1. The number of anilines is 1. The molecule has 2 heterocycles. The van der Waals surface area contributed by atoms with Gasteiger partial charge in [0.2, 0.25) is 17.7 Å². The molecule has 2 fully saturated rings. The minimum Gasteiger partial charge on any atom is -0.497 e. The Kier molecular flexibility index (Phi) is 13.1. The van der Waals surface area contributed by atoms with Gasteiger partial charge in [-0.25, -0.2) is 0 Å². The molecule has 1 atom stereocenters. The summed E-state index contributed by atoms with van der Waals surface area (Å²) in [4.78, 5) is 50.6. The van der Waals surface area contributed by atoms with E-state index in [2.05, 4.69) is 9.80 Å². The lowest BCUT2D eigenvalue weighted by Gasteiger charge is -2.39. The predicted octanol–water partition coefficient (Wildman–Crippen LogP) is 6.38. The fourth-order valence-electron chi connectivity index (χ4n) is 7.17. The average Bonchev–Trinajstić information content (AvgIpc) is 3.22. The normalized spacial score (nSPS) is 15.8. The zero-order chi connectivity index (χ0) is 39.7. The summed E-state index contributed by atoms with van der Waals surface area (Å²) >= 11 is 0. The average molecular weight is 768 g/mol. The molecule has 2 saturated heterocycles. The number of rotatable bonds is 12. The number of carbonyl (C=O) groups is 3. The smallest absolute Gasteiger partial charge is 0.416 e. The first kappa shape index (κ1) is 40.1. The van der Waals surface area contributed by atoms with Gasteiger partial charge in [0.05, 0.1) is 12.7 Å². The number of ether oxygens (including phenoxy) is 1. The molecule has 1 unspecified atom stereocenters. The van der Waals surface area contributed by atoms with E-state index in [9.17, 15) is 27.6 Å². The lowest BCUT2D eigenvalue weighted by atomic mass is 10.0. The highest BCUT2D eigenvalue weighted by molar-refractivity contribution is 5.96. The van der Waals surface area contributed by atoms with Crippen LogP contribution in [0.15, 0.2) is 109 Å². The van der Waals surface area contributed by atoms with Gasteiger partial charge in [0.15, 0.2) is 0 Å². The van der Waals surface area contributed by atoms with E-state index in [1.54, 1.807) is 18.9 Å². The molecule has 2 aliphatic heterocycles. The van der Waals surface area contributed by atoms with Crippen LogP contribution in [0.5, 0.6) is 5.75 Å². The second-order valence-corrected chi connectivity index (χ2v) is 14.2. The van der Waals surface area contributed by atoms with Gasteiger partial charge in [0, 0.05) is 90.6 Å². The minimum absolute atomic E-state index is 0.0622. The summed E-state index contributed by atoms with van der Waals surface area (Å²) in [5.41, 5.74) is 3.52. The Morgan fingerprint density at radius 3 is 1.93 bits per heavy atom. The Morgan fingerprint density at radius 1 is 0.732 bits per heavy atom. The number of amides is 3. The molecular formula is C44H48F3N5O4. The van der Waals surface area contributed by atoms with Crippen LogP contribution in [-0.2, 0) is 40.1 Å². The zero-order valence-electron chi connectivity index (χ0n) is 31.8. The molecule has 0 spiro atoms. The molecule has 294 valence electrons. The van der Waals surface area contributed by atoms with E-state index in [4.69, 9.17) is 4.74 Å². The number of halogens is 3. The number of carbonyl (C=O) groups excluding carboxylic acids is 3. The Bertz CT molecular complexity index is 1940. The van der Waals surface area contributed by atoms with Gasteiger partial charge in [-0.2, -0.15) is 13.2 Å². The Labute approximate surface area is 326 Å². The summed E-state index contributed by atoms with van der Waals surface area (Å²) in [6.45, 7) is 7.47. The lowest BCUT2D eigenvalue weighted by molar-refractivity contribution is -0.145. The van der Waals surface area contributed by atoms with Crippen LogP contribution in [0, 0.1) is 0 Å². The summed E-state index contributed by atoms with van der Waals surface area (Å²) in [6.07, 6.45) is -1.37. The summed E-state index contributed by atoms with van der Waals surface area (Å²) in [7, 11) is 1.64. The molecule has 0 aromatic heterocycles. The molecule has 4 aromatic rings. The fourth-order valence-corrected chi connectivity index (χ4v) is 7.17. The second-order valence-electron chi connectivity index (χ2n) is 14.2. The van der Waals surface area contributed by atoms with Crippen LogP contribution < -0.4 is 9.64 Å². The molecule has 0 saturated carbocycles. The summed E-state index contributed by atoms with van der Waals surface area (Å²) < 4.78 is 45.0. The van der Waals surface area contributed by atoms with E-state index in [-0.39, 0.29) is 24.8 Å². The monoisotopic (exact) mass is 767 g/mol. The highest BCUT2D eigenvalue weighted by atomic mass is 19.4. The number of piperazine rings is 2. The van der Waals surface area contributed by atoms with Gasteiger partial charge in [-0.15, -0.1) is 0 Å². The van der Waals surface area contributed by atoms with Crippen LogP contribution in [0.3, 0.4) is 0 Å². The van der Waals surface area contributed by atoms with Crippen molar-refractivity contribution >= 4 is 29.5 Å². The molecule has 9 nitrogen and oxygen atoms in total. The van der Waals surface area contributed by atoms with Crippen molar-refractivity contribution in [2.75, 3.05) is 64.4 Å². The zero-order valence-corrected chi connectivity index (χ0v) is 31.8. The van der Waals surface area contributed by atoms with Crippen LogP contribution in [-0.4, -0.2) is 103 Å². The van der Waals surface area contributed by atoms with Crippen LogP contribution in [0.25, 0.3) is 6.08 Å². The maximum absolute atomic E-state index is 14.6. The Balaban J connectivity index is 1.24. The quantitative estimate of drug-likeness (QED) is 0.156. The van der Waals surface area contributed by atoms with Gasteiger partial charge in [0.1, 0.15) is 11.8 Å². The first-order valence-electron chi connectivity index (χ1n) is 18.9. The number of hydrogen-bond donors (Lipinski definition) is 0. The lowest BCUT2D eigenvalue weighted by Crippen LogP contribution is -2.56. The van der Waals surface area contributed by atoms with E-state index in [1.807, 2.05) is 88.7 Å². The number of hydrogen-bond acceptors (Lipinski definition) is 6. The molecular weight excluding hydrogens is 720 g/mol. The molecule has 56 heavy (non-hydrogen) atoms. The van der Waals surface area contributed by atoms with Gasteiger partial charge < -0.3 is 24.3 Å². The van der Waals surface area contributed by atoms with Crippen molar-refractivity contribution in [1.82, 2.24) is 19.6 Å². The molecule has 0 aliphatic carbocycles. The molecule has 2 aliphatic rings. The van der Waals surface area contributed by atoms with Gasteiger partial charge in [-0.1, -0.05) is 66.7 Å². The van der Waals surface area contributed by atoms with Crippen molar-refractivity contribution < 1.29 is 32.3 Å². The third kappa shape index (κ3) is 10.6. The maximum Gasteiger partial charge on any atom is 0.416 e. The molecule has 4 aromatic carbocycles. The van der Waals surface area contributed by atoms with E-state index in [1.165, 1.54) is 24.3 Å². The van der Waals surface area contributed by atoms with Crippen molar-refractivity contribution in [3.8, 4) is 5.75 Å². The molecule has 6 rings (SSSR count). The summed E-state index contributed by atoms with van der Waals surface area (Å²) in [5, 5.41) is 0. The summed E-state index contributed by atoms with van der Waals surface area (Å²) in [5.74, 6) is 0.269. The topological polar surface area (TPSA) is 76.6 Å². The first-order valence-corrected chi connectivity index (χ1v) is 18.9. The van der Waals surface area contributed by atoms with Crippen LogP contribution in [0.2, 0.25) is 0 Å². The van der Waals surface area contributed by atoms with E-state index >= 15 is 0 Å². The van der Waals surface area contributed by atoms with Crippen LogP contribution in [0.1, 0.15) is 34.7 Å². The largest absolute Gasteiger partial charge is 0.497 e. The van der Waals surface area contributed by atoms with Crippen molar-refractivity contribution in [1.29, 1.82) is 0 Å². The highest BCUT2D eigenvalue weighted by Crippen LogP contribution is 2.29. The van der Waals surface area contributed by atoms with Gasteiger partial charge >= 0.3 is 6.18 Å². The van der Waals surface area contributed by atoms with E-state index < -0.39 is 23.7 Å². The van der Waals surface area contributed by atoms with Crippen molar-refractivity contribution in [2.24, 2.45) is 0 Å². The van der Waals surface area contributed by atoms with Gasteiger partial charge in [-0.3, -0.25) is 19.3 Å². The second kappa shape index (κ2) is 18.3. The first-order chi connectivity index (χ1) is 27.0. The molecule has 3 amide bonds. The molecule has 12 heteroatoms. The minimum atomic E-state index is -4.47. The number of methoxy groups -OCH3 is 1. The van der Waals surface area contributed by atoms with Gasteiger partial charge in [-0.05, 0) is 64.7 Å². The highest BCUT2D eigenvalue weighted by Gasteiger charge is 2.34. The third-order valence-electron chi connectivity index (χ3n) is 10.5. The third-order valence-corrected chi connectivity index (χ3v) is 10.5. The van der Waals surface area contributed by atoms with E-state index in [0.717, 1.165) is 46.8 Å². The number of nitrogens with zero attached hydrogens (tertiary/aromatic N) is 5. The van der Waals surface area contributed by atoms with Crippen LogP contribution in [0.4, 0.5) is 18.9 Å².